The van der Waals surface area contributed by atoms with Gasteiger partial charge >= 0.3 is 6.11 Å². The van der Waals surface area contributed by atoms with Gasteiger partial charge in [0.15, 0.2) is 0 Å². The highest BCUT2D eigenvalue weighted by molar-refractivity contribution is 5.64. The molecule has 0 N–H and O–H groups in total. The Kier molecular flexibility index (Phi) is 7.12. The molecule has 1 fully saturated rings. The molecule has 1 unspecified atom stereocenters. The first kappa shape index (κ1) is 22.8. The molecule has 0 spiro atoms. The average Bonchev–Trinajstić information content (AvgIpc) is 2.81. The third-order valence-electron chi connectivity index (χ3n) is 6.94. The van der Waals surface area contributed by atoms with Crippen molar-refractivity contribution in [1.29, 1.82) is 0 Å². The Morgan fingerprint density at radius 1 is 0.844 bits per heavy atom. The van der Waals surface area contributed by atoms with Gasteiger partial charge in [0, 0.05) is 6.42 Å². The molecule has 5 heteroatoms. The lowest BCUT2D eigenvalue weighted by Gasteiger charge is -2.37. The SMILES string of the molecule is CCOC1=CCC(C2CCC(C(F)(F)Oc3ccc(-c4ccc(F)cc4)cc3)CC2)CC1. The van der Waals surface area contributed by atoms with Crippen molar-refractivity contribution < 1.29 is 22.6 Å². The number of benzene rings is 2. The Labute approximate surface area is 188 Å². The lowest BCUT2D eigenvalue weighted by atomic mass is 9.72. The highest BCUT2D eigenvalue weighted by Crippen LogP contribution is 2.44. The van der Waals surface area contributed by atoms with E-state index < -0.39 is 12.0 Å². The molecule has 4 rings (SSSR count). The summed E-state index contributed by atoms with van der Waals surface area (Å²) in [6.07, 6.45) is 4.70. The van der Waals surface area contributed by atoms with E-state index in [-0.39, 0.29) is 11.6 Å². The molecular formula is C27H31F3O2. The Bertz CT molecular complexity index is 898. The minimum Gasteiger partial charge on any atom is -0.499 e. The average molecular weight is 445 g/mol. The molecule has 0 radical (unpaired) electrons. The number of hydrogen-bond donors (Lipinski definition) is 0. The van der Waals surface area contributed by atoms with Crippen molar-refractivity contribution in [1.82, 2.24) is 0 Å². The van der Waals surface area contributed by atoms with Crippen LogP contribution in [0.4, 0.5) is 13.2 Å². The smallest absolute Gasteiger partial charge is 0.400 e. The van der Waals surface area contributed by atoms with Gasteiger partial charge in [-0.05, 0) is 98.8 Å². The van der Waals surface area contributed by atoms with Crippen LogP contribution in [0.1, 0.15) is 51.9 Å². The number of rotatable bonds is 7. The van der Waals surface area contributed by atoms with Gasteiger partial charge in [-0.1, -0.05) is 24.3 Å². The summed E-state index contributed by atoms with van der Waals surface area (Å²) < 4.78 is 53.6. The number of halogens is 3. The fraction of sp³-hybridized carbons (Fsp3) is 0.481. The van der Waals surface area contributed by atoms with Crippen LogP contribution in [0, 0.1) is 23.6 Å². The van der Waals surface area contributed by atoms with Crippen molar-refractivity contribution in [3.05, 3.63) is 66.2 Å². The summed E-state index contributed by atoms with van der Waals surface area (Å²) in [5.41, 5.74) is 1.66. The molecule has 1 atom stereocenters. The molecule has 0 heterocycles. The maximum absolute atomic E-state index is 14.9. The van der Waals surface area contributed by atoms with Gasteiger partial charge in [0.25, 0.3) is 0 Å². The van der Waals surface area contributed by atoms with Gasteiger partial charge < -0.3 is 9.47 Å². The van der Waals surface area contributed by atoms with E-state index in [9.17, 15) is 13.2 Å². The Morgan fingerprint density at radius 2 is 1.47 bits per heavy atom. The molecule has 2 aliphatic rings. The summed E-state index contributed by atoms with van der Waals surface area (Å²) in [6.45, 7) is 2.70. The summed E-state index contributed by atoms with van der Waals surface area (Å²) in [5.74, 6) is 1.27. The fourth-order valence-corrected chi connectivity index (χ4v) is 5.10. The summed E-state index contributed by atoms with van der Waals surface area (Å²) >= 11 is 0. The van der Waals surface area contributed by atoms with Crippen molar-refractivity contribution in [2.24, 2.45) is 17.8 Å². The van der Waals surface area contributed by atoms with E-state index >= 15 is 0 Å². The predicted molar refractivity (Wildman–Crippen MR) is 120 cm³/mol. The highest BCUT2D eigenvalue weighted by atomic mass is 19.3. The maximum atomic E-state index is 14.9. The molecule has 2 aromatic rings. The van der Waals surface area contributed by atoms with E-state index in [4.69, 9.17) is 9.47 Å². The van der Waals surface area contributed by atoms with Crippen molar-refractivity contribution >= 4 is 0 Å². The van der Waals surface area contributed by atoms with Gasteiger partial charge in [-0.2, -0.15) is 8.78 Å². The van der Waals surface area contributed by atoms with Crippen molar-refractivity contribution in [2.75, 3.05) is 6.61 Å². The molecule has 0 bridgehead atoms. The van der Waals surface area contributed by atoms with Gasteiger partial charge in [-0.25, -0.2) is 4.39 Å². The van der Waals surface area contributed by atoms with Gasteiger partial charge in [0.2, 0.25) is 0 Å². The summed E-state index contributed by atoms with van der Waals surface area (Å²) in [4.78, 5) is 0. The molecule has 0 amide bonds. The van der Waals surface area contributed by atoms with Crippen molar-refractivity contribution in [3.63, 3.8) is 0 Å². The summed E-state index contributed by atoms with van der Waals surface area (Å²) in [7, 11) is 0. The number of hydrogen-bond acceptors (Lipinski definition) is 2. The normalized spacial score (nSPS) is 24.0. The first-order valence-electron chi connectivity index (χ1n) is 11.7. The van der Waals surface area contributed by atoms with Crippen LogP contribution in [0.5, 0.6) is 5.75 Å². The zero-order chi connectivity index (χ0) is 22.6. The Hall–Kier alpha value is -2.43. The topological polar surface area (TPSA) is 18.5 Å². The Balaban J connectivity index is 1.30. The maximum Gasteiger partial charge on any atom is 0.400 e. The van der Waals surface area contributed by atoms with Crippen LogP contribution in [0.3, 0.4) is 0 Å². The first-order valence-corrected chi connectivity index (χ1v) is 11.7. The minimum absolute atomic E-state index is 0.156. The standard InChI is InChI=1S/C27H31F3O2/c1-2-31-25-15-7-21(8-16-25)19-3-11-23(12-4-19)27(29,30)32-26-17-9-22(10-18-26)20-5-13-24(28)14-6-20/h5-6,9-10,13-15,17-19,21,23H,2-4,7-8,11-12,16H2,1H3. The monoisotopic (exact) mass is 444 g/mol. The largest absolute Gasteiger partial charge is 0.499 e. The lowest BCUT2D eigenvalue weighted by molar-refractivity contribution is -0.224. The molecule has 2 aromatic carbocycles. The number of allylic oxidation sites excluding steroid dienone is 2. The van der Waals surface area contributed by atoms with Gasteiger partial charge in [0.05, 0.1) is 18.3 Å². The summed E-state index contributed by atoms with van der Waals surface area (Å²) in [6, 6.07) is 12.7. The van der Waals surface area contributed by atoms with Crippen LogP contribution in [-0.4, -0.2) is 12.7 Å². The second kappa shape index (κ2) is 10.0. The van der Waals surface area contributed by atoms with E-state index in [1.54, 1.807) is 36.4 Å². The molecule has 0 aromatic heterocycles. The molecule has 2 nitrogen and oxygen atoms in total. The second-order valence-corrected chi connectivity index (χ2v) is 8.94. The molecular weight excluding hydrogens is 413 g/mol. The van der Waals surface area contributed by atoms with Crippen molar-refractivity contribution in [2.45, 2.75) is 58.0 Å². The van der Waals surface area contributed by atoms with Crippen LogP contribution in [0.15, 0.2) is 60.4 Å². The van der Waals surface area contributed by atoms with Crippen molar-refractivity contribution in [3.8, 4) is 16.9 Å². The minimum atomic E-state index is -3.18. The Morgan fingerprint density at radius 3 is 2.03 bits per heavy atom. The molecule has 0 aliphatic heterocycles. The zero-order valence-electron chi connectivity index (χ0n) is 18.5. The first-order chi connectivity index (χ1) is 15.4. The van der Waals surface area contributed by atoms with Gasteiger partial charge in [0.1, 0.15) is 11.6 Å². The number of ether oxygens (including phenoxy) is 2. The number of alkyl halides is 2. The van der Waals surface area contributed by atoms with Gasteiger partial charge in [-0.3, -0.25) is 0 Å². The second-order valence-electron chi connectivity index (χ2n) is 8.94. The fourth-order valence-electron chi connectivity index (χ4n) is 5.10. The molecule has 32 heavy (non-hydrogen) atoms. The van der Waals surface area contributed by atoms with Crippen LogP contribution in [0.25, 0.3) is 11.1 Å². The highest BCUT2D eigenvalue weighted by Gasteiger charge is 2.44. The van der Waals surface area contributed by atoms with Crippen LogP contribution >= 0.6 is 0 Å². The van der Waals surface area contributed by atoms with Crippen LogP contribution < -0.4 is 4.74 Å². The summed E-state index contributed by atoms with van der Waals surface area (Å²) in [5, 5.41) is 0. The van der Waals surface area contributed by atoms with Crippen LogP contribution in [0.2, 0.25) is 0 Å². The van der Waals surface area contributed by atoms with E-state index in [1.807, 2.05) is 6.92 Å². The van der Waals surface area contributed by atoms with Gasteiger partial charge in [-0.15, -0.1) is 0 Å². The van der Waals surface area contributed by atoms with E-state index in [0.717, 1.165) is 49.0 Å². The quantitative estimate of drug-likeness (QED) is 0.431. The zero-order valence-corrected chi connectivity index (χ0v) is 18.5. The van der Waals surface area contributed by atoms with E-state index in [1.165, 1.54) is 12.1 Å². The van der Waals surface area contributed by atoms with E-state index in [0.29, 0.717) is 31.3 Å². The van der Waals surface area contributed by atoms with Crippen LogP contribution in [-0.2, 0) is 4.74 Å². The molecule has 172 valence electrons. The molecule has 0 saturated heterocycles. The third kappa shape index (κ3) is 5.48. The predicted octanol–water partition coefficient (Wildman–Crippen LogP) is 7.99. The molecule has 1 saturated carbocycles. The lowest BCUT2D eigenvalue weighted by Crippen LogP contribution is -2.38. The molecule has 2 aliphatic carbocycles. The third-order valence-corrected chi connectivity index (χ3v) is 6.94. The van der Waals surface area contributed by atoms with E-state index in [2.05, 4.69) is 6.08 Å².